The van der Waals surface area contributed by atoms with Gasteiger partial charge in [0.25, 0.3) is 0 Å². The van der Waals surface area contributed by atoms with Crippen LogP contribution in [0, 0.1) is 0 Å². The fraction of sp³-hybridized carbons (Fsp3) is 0. The first-order valence-corrected chi connectivity index (χ1v) is 14.3. The minimum absolute atomic E-state index is 0.901. The van der Waals surface area contributed by atoms with Crippen LogP contribution in [0.2, 0.25) is 0 Å². The number of rotatable bonds is 5. The fourth-order valence-electron chi connectivity index (χ4n) is 6.18. The minimum atomic E-state index is 0.901. The normalized spacial score (nSPS) is 11.3. The largest absolute Gasteiger partial charge is 0.455 e. The SMILES string of the molecule is c1ccc(-c2ccccc2N(c2ccccc2-c2cccc3c2oc2ccccc23)c2cccc3ccccc23)cc1. The lowest BCUT2D eigenvalue weighted by Gasteiger charge is -2.31. The second kappa shape index (κ2) is 10.1. The molecule has 0 amide bonds. The van der Waals surface area contributed by atoms with Crippen LogP contribution >= 0.6 is 0 Å². The smallest absolute Gasteiger partial charge is 0.143 e. The summed E-state index contributed by atoms with van der Waals surface area (Å²) < 4.78 is 6.53. The summed E-state index contributed by atoms with van der Waals surface area (Å²) in [5.74, 6) is 0. The van der Waals surface area contributed by atoms with Crippen molar-refractivity contribution in [2.24, 2.45) is 0 Å². The van der Waals surface area contributed by atoms with Crippen LogP contribution in [0.3, 0.4) is 0 Å². The standard InChI is InChI=1S/C40H27NO/c1-2-14-28(15-3-1)30-19-6-9-24-36(30)41(37-26-12-17-29-16-4-5-18-31(29)37)38-25-10-7-20-32(38)34-22-13-23-35-33-21-8-11-27-39(33)42-40(34)35/h1-27H. The van der Waals surface area contributed by atoms with E-state index in [4.69, 9.17) is 4.42 Å². The van der Waals surface area contributed by atoms with E-state index in [1.165, 1.54) is 21.9 Å². The summed E-state index contributed by atoms with van der Waals surface area (Å²) in [7, 11) is 0. The Bertz CT molecular complexity index is 2200. The van der Waals surface area contributed by atoms with E-state index < -0.39 is 0 Å². The van der Waals surface area contributed by atoms with Crippen LogP contribution < -0.4 is 4.90 Å². The number of benzene rings is 7. The minimum Gasteiger partial charge on any atom is -0.455 e. The van der Waals surface area contributed by atoms with Crippen molar-refractivity contribution >= 4 is 49.8 Å². The van der Waals surface area contributed by atoms with Crippen LogP contribution in [0.25, 0.3) is 55.0 Å². The highest BCUT2D eigenvalue weighted by atomic mass is 16.3. The Labute approximate surface area is 244 Å². The molecule has 0 spiro atoms. The lowest BCUT2D eigenvalue weighted by Crippen LogP contribution is -2.13. The molecule has 42 heavy (non-hydrogen) atoms. The van der Waals surface area contributed by atoms with Gasteiger partial charge >= 0.3 is 0 Å². The van der Waals surface area contributed by atoms with Crippen molar-refractivity contribution in [3.63, 3.8) is 0 Å². The third-order valence-electron chi connectivity index (χ3n) is 8.08. The first-order chi connectivity index (χ1) is 20.9. The molecule has 8 aromatic rings. The molecule has 0 bridgehead atoms. The molecule has 2 nitrogen and oxygen atoms in total. The predicted molar refractivity (Wildman–Crippen MR) is 177 cm³/mol. The van der Waals surface area contributed by atoms with Gasteiger partial charge in [0, 0.05) is 32.8 Å². The Morgan fingerprint density at radius 2 is 0.905 bits per heavy atom. The van der Waals surface area contributed by atoms with Crippen molar-refractivity contribution < 1.29 is 4.42 Å². The summed E-state index contributed by atoms with van der Waals surface area (Å²) in [6.07, 6.45) is 0. The number of hydrogen-bond acceptors (Lipinski definition) is 2. The van der Waals surface area contributed by atoms with E-state index >= 15 is 0 Å². The fourth-order valence-corrected chi connectivity index (χ4v) is 6.18. The first kappa shape index (κ1) is 24.2. The Hall–Kier alpha value is -5.60. The maximum atomic E-state index is 6.53. The van der Waals surface area contributed by atoms with Gasteiger partial charge in [0.05, 0.1) is 17.1 Å². The average Bonchev–Trinajstić information content (AvgIpc) is 3.45. The molecule has 8 rings (SSSR count). The van der Waals surface area contributed by atoms with Crippen LogP contribution in [0.1, 0.15) is 0 Å². The van der Waals surface area contributed by atoms with Crippen LogP contribution in [0.15, 0.2) is 168 Å². The number of hydrogen-bond donors (Lipinski definition) is 0. The van der Waals surface area contributed by atoms with E-state index in [1.54, 1.807) is 0 Å². The molecule has 198 valence electrons. The summed E-state index contributed by atoms with van der Waals surface area (Å²) in [5, 5.41) is 4.65. The molecule has 2 heteroatoms. The molecule has 0 radical (unpaired) electrons. The molecule has 0 aliphatic carbocycles. The van der Waals surface area contributed by atoms with Gasteiger partial charge in [-0.1, -0.05) is 140 Å². The molecule has 0 atom stereocenters. The van der Waals surface area contributed by atoms with Gasteiger partial charge in [-0.25, -0.2) is 0 Å². The number of furan rings is 1. The molecule has 1 aromatic heterocycles. The Balaban J connectivity index is 1.45. The lowest BCUT2D eigenvalue weighted by molar-refractivity contribution is 0.670. The highest BCUT2D eigenvalue weighted by Gasteiger charge is 2.23. The van der Waals surface area contributed by atoms with Gasteiger partial charge in [0.1, 0.15) is 11.2 Å². The van der Waals surface area contributed by atoms with Crippen LogP contribution in [0.4, 0.5) is 17.1 Å². The predicted octanol–water partition coefficient (Wildman–Crippen LogP) is 11.5. The zero-order valence-electron chi connectivity index (χ0n) is 22.9. The zero-order chi connectivity index (χ0) is 27.9. The monoisotopic (exact) mass is 537 g/mol. The van der Waals surface area contributed by atoms with E-state index in [9.17, 15) is 0 Å². The topological polar surface area (TPSA) is 16.4 Å². The van der Waals surface area contributed by atoms with E-state index in [1.807, 2.05) is 12.1 Å². The summed E-state index contributed by atoms with van der Waals surface area (Å²) in [5.41, 5.74) is 9.66. The van der Waals surface area contributed by atoms with Gasteiger partial charge in [-0.15, -0.1) is 0 Å². The van der Waals surface area contributed by atoms with E-state index in [0.29, 0.717) is 0 Å². The van der Waals surface area contributed by atoms with Gasteiger partial charge in [0.15, 0.2) is 0 Å². The van der Waals surface area contributed by atoms with Gasteiger partial charge in [-0.2, -0.15) is 0 Å². The summed E-state index contributed by atoms with van der Waals surface area (Å²) in [6, 6.07) is 57.9. The summed E-state index contributed by atoms with van der Waals surface area (Å²) >= 11 is 0. The third-order valence-corrected chi connectivity index (χ3v) is 8.08. The van der Waals surface area contributed by atoms with E-state index in [2.05, 4.69) is 157 Å². The molecule has 1 heterocycles. The Kier molecular flexibility index (Phi) is 5.82. The Morgan fingerprint density at radius 1 is 0.357 bits per heavy atom. The molecule has 7 aromatic carbocycles. The van der Waals surface area contributed by atoms with Crippen LogP contribution in [-0.4, -0.2) is 0 Å². The average molecular weight is 538 g/mol. The van der Waals surface area contributed by atoms with Crippen molar-refractivity contribution in [1.29, 1.82) is 0 Å². The van der Waals surface area contributed by atoms with Crippen molar-refractivity contribution in [2.45, 2.75) is 0 Å². The summed E-state index contributed by atoms with van der Waals surface area (Å²) in [4.78, 5) is 2.42. The molecule has 0 saturated carbocycles. The van der Waals surface area contributed by atoms with E-state index in [0.717, 1.165) is 50.1 Å². The van der Waals surface area contributed by atoms with Gasteiger partial charge in [-0.05, 0) is 35.2 Å². The molecule has 0 unspecified atom stereocenters. The molecule has 0 aliphatic rings. The highest BCUT2D eigenvalue weighted by Crippen LogP contribution is 2.48. The number of para-hydroxylation sites is 4. The van der Waals surface area contributed by atoms with Gasteiger partial charge in [-0.3, -0.25) is 0 Å². The molecule has 0 saturated heterocycles. The molecule has 0 fully saturated rings. The highest BCUT2D eigenvalue weighted by molar-refractivity contribution is 6.11. The molecular formula is C40H27NO. The maximum Gasteiger partial charge on any atom is 0.143 e. The van der Waals surface area contributed by atoms with E-state index in [-0.39, 0.29) is 0 Å². The lowest BCUT2D eigenvalue weighted by atomic mass is 9.97. The van der Waals surface area contributed by atoms with Crippen LogP contribution in [-0.2, 0) is 0 Å². The van der Waals surface area contributed by atoms with Gasteiger partial charge in [0.2, 0.25) is 0 Å². The van der Waals surface area contributed by atoms with Crippen molar-refractivity contribution in [2.75, 3.05) is 4.90 Å². The number of nitrogens with zero attached hydrogens (tertiary/aromatic N) is 1. The van der Waals surface area contributed by atoms with Crippen molar-refractivity contribution in [3.8, 4) is 22.3 Å². The van der Waals surface area contributed by atoms with Gasteiger partial charge < -0.3 is 9.32 Å². The molecular weight excluding hydrogens is 510 g/mol. The first-order valence-electron chi connectivity index (χ1n) is 14.3. The number of fused-ring (bicyclic) bond motifs is 4. The van der Waals surface area contributed by atoms with Crippen molar-refractivity contribution in [1.82, 2.24) is 0 Å². The van der Waals surface area contributed by atoms with Crippen molar-refractivity contribution in [3.05, 3.63) is 164 Å². The third kappa shape index (κ3) is 3.96. The second-order valence-electron chi connectivity index (χ2n) is 10.5. The molecule has 0 aliphatic heterocycles. The summed E-state index contributed by atoms with van der Waals surface area (Å²) in [6.45, 7) is 0. The second-order valence-corrected chi connectivity index (χ2v) is 10.5. The quantitative estimate of drug-likeness (QED) is 0.217. The number of anilines is 3. The Morgan fingerprint density at radius 3 is 1.76 bits per heavy atom. The zero-order valence-corrected chi connectivity index (χ0v) is 22.9. The molecule has 0 N–H and O–H groups in total. The maximum absolute atomic E-state index is 6.53. The van der Waals surface area contributed by atoms with Crippen LogP contribution in [0.5, 0.6) is 0 Å².